The topological polar surface area (TPSA) is 74.8 Å². The van der Waals surface area contributed by atoms with E-state index in [2.05, 4.69) is 66.6 Å². The fourth-order valence-corrected chi connectivity index (χ4v) is 7.79. The third-order valence-electron chi connectivity index (χ3n) is 10.5. The molecule has 2 aliphatic carbocycles. The number of amides is 2. The van der Waals surface area contributed by atoms with E-state index in [4.69, 9.17) is 4.74 Å². The molecule has 7 heteroatoms. The maximum Gasteiger partial charge on any atom is 0.226 e. The van der Waals surface area contributed by atoms with Crippen molar-refractivity contribution < 1.29 is 14.3 Å². The highest BCUT2D eigenvalue weighted by atomic mass is 16.5. The number of likely N-dealkylation sites (tertiary alicyclic amines) is 1. The Bertz CT molecular complexity index is 1170. The van der Waals surface area contributed by atoms with Crippen molar-refractivity contribution in [1.82, 2.24) is 14.8 Å². The lowest BCUT2D eigenvalue weighted by Gasteiger charge is -2.58. The van der Waals surface area contributed by atoms with E-state index in [0.717, 1.165) is 38.1 Å². The molecule has 1 N–H and O–H groups in total. The van der Waals surface area contributed by atoms with E-state index in [-0.39, 0.29) is 35.1 Å². The first-order chi connectivity index (χ1) is 19.3. The Hall–Kier alpha value is -2.93. The minimum absolute atomic E-state index is 0.00884. The van der Waals surface area contributed by atoms with E-state index in [0.29, 0.717) is 24.0 Å². The molecular formula is C33H46N4O3. The minimum Gasteiger partial charge on any atom is -0.481 e. The van der Waals surface area contributed by atoms with Crippen molar-refractivity contribution in [2.75, 3.05) is 39.6 Å². The summed E-state index contributed by atoms with van der Waals surface area (Å²) in [5.41, 5.74) is 2.17. The molecule has 1 aromatic carbocycles. The number of carbonyl (C=O) groups excluding carboxylic acids is 2. The summed E-state index contributed by atoms with van der Waals surface area (Å²) in [6.45, 7) is 3.38. The molecule has 3 fully saturated rings. The molecule has 0 bridgehead atoms. The van der Waals surface area contributed by atoms with Gasteiger partial charge in [-0.1, -0.05) is 56.5 Å². The number of benzene rings is 1. The molecule has 2 saturated carbocycles. The van der Waals surface area contributed by atoms with Crippen LogP contribution in [0.5, 0.6) is 5.88 Å². The monoisotopic (exact) mass is 546 g/mol. The maximum absolute atomic E-state index is 13.7. The van der Waals surface area contributed by atoms with Crippen molar-refractivity contribution in [3.05, 3.63) is 54.2 Å². The van der Waals surface area contributed by atoms with Gasteiger partial charge in [-0.05, 0) is 75.1 Å². The minimum atomic E-state index is -0.0984. The molecule has 0 radical (unpaired) electrons. The Balaban J connectivity index is 1.32. The van der Waals surface area contributed by atoms with E-state index < -0.39 is 0 Å². The summed E-state index contributed by atoms with van der Waals surface area (Å²) in [4.78, 5) is 35.1. The van der Waals surface area contributed by atoms with Gasteiger partial charge in [0.1, 0.15) is 0 Å². The highest BCUT2D eigenvalue weighted by Crippen LogP contribution is 2.57. The zero-order valence-corrected chi connectivity index (χ0v) is 24.7. The van der Waals surface area contributed by atoms with Crippen molar-refractivity contribution >= 4 is 17.5 Å². The summed E-state index contributed by atoms with van der Waals surface area (Å²) in [6.07, 6.45) is 11.4. The van der Waals surface area contributed by atoms with Gasteiger partial charge in [0.15, 0.2) is 0 Å². The summed E-state index contributed by atoms with van der Waals surface area (Å²) in [5, 5.41) is 2.94. The molecule has 2 unspecified atom stereocenters. The number of pyridine rings is 1. The average molecular weight is 547 g/mol. The molecule has 2 atom stereocenters. The molecule has 2 aromatic rings. The Morgan fingerprint density at radius 3 is 2.48 bits per heavy atom. The molecule has 7 nitrogen and oxygen atoms in total. The number of carbonyl (C=O) groups is 2. The third kappa shape index (κ3) is 5.63. The second kappa shape index (κ2) is 11.9. The number of methoxy groups -OCH3 is 1. The summed E-state index contributed by atoms with van der Waals surface area (Å²) in [7, 11) is 5.99. The second-order valence-electron chi connectivity index (χ2n) is 12.7. The first kappa shape index (κ1) is 28.6. The Morgan fingerprint density at radius 2 is 1.85 bits per heavy atom. The van der Waals surface area contributed by atoms with Crippen LogP contribution in [0.15, 0.2) is 48.7 Å². The lowest BCUT2D eigenvalue weighted by Crippen LogP contribution is -2.59. The van der Waals surface area contributed by atoms with Crippen LogP contribution in [-0.4, -0.2) is 60.9 Å². The van der Waals surface area contributed by atoms with Crippen LogP contribution in [0.2, 0.25) is 0 Å². The molecule has 2 heterocycles. The van der Waals surface area contributed by atoms with Gasteiger partial charge in [-0.25, -0.2) is 4.98 Å². The summed E-state index contributed by atoms with van der Waals surface area (Å²) in [5.74, 6) is 1.75. The number of nitrogens with zero attached hydrogens (tertiary/aromatic N) is 3. The van der Waals surface area contributed by atoms with Crippen LogP contribution in [0.25, 0.3) is 0 Å². The van der Waals surface area contributed by atoms with E-state index in [1.54, 1.807) is 25.4 Å². The van der Waals surface area contributed by atoms with Gasteiger partial charge in [0.25, 0.3) is 0 Å². The van der Waals surface area contributed by atoms with Crippen LogP contribution < -0.4 is 10.1 Å². The van der Waals surface area contributed by atoms with Gasteiger partial charge in [0.05, 0.1) is 7.11 Å². The van der Waals surface area contributed by atoms with Crippen LogP contribution in [0.3, 0.4) is 0 Å². The summed E-state index contributed by atoms with van der Waals surface area (Å²) < 4.78 is 5.17. The Morgan fingerprint density at radius 1 is 1.12 bits per heavy atom. The predicted molar refractivity (Wildman–Crippen MR) is 158 cm³/mol. The molecule has 40 heavy (non-hydrogen) atoms. The largest absolute Gasteiger partial charge is 0.481 e. The van der Waals surface area contributed by atoms with E-state index in [1.165, 1.54) is 31.2 Å². The van der Waals surface area contributed by atoms with Crippen LogP contribution in [0, 0.1) is 23.2 Å². The number of aromatic nitrogens is 1. The SMILES string of the molecule is COc1cc(NC(=O)CCN2C[C@]3(CC[C@](c4ccccc4)(N(C)C)CC3)C(CC3CCC3)C(C)C2=O)ccn1. The van der Waals surface area contributed by atoms with Gasteiger partial charge in [-0.15, -0.1) is 0 Å². The summed E-state index contributed by atoms with van der Waals surface area (Å²) in [6, 6.07) is 14.4. The molecule has 5 rings (SSSR count). The third-order valence-corrected chi connectivity index (χ3v) is 10.5. The number of piperidine rings is 1. The fourth-order valence-electron chi connectivity index (χ4n) is 7.79. The van der Waals surface area contributed by atoms with E-state index in [1.807, 2.05) is 4.90 Å². The van der Waals surface area contributed by atoms with Crippen molar-refractivity contribution in [1.29, 1.82) is 0 Å². The highest BCUT2D eigenvalue weighted by Gasteiger charge is 2.54. The quantitative estimate of drug-likeness (QED) is 0.435. The zero-order chi connectivity index (χ0) is 28.3. The number of rotatable bonds is 9. The molecular weight excluding hydrogens is 500 g/mol. The van der Waals surface area contributed by atoms with Crippen molar-refractivity contribution in [3.63, 3.8) is 0 Å². The Labute approximate surface area is 239 Å². The number of ether oxygens (including phenoxy) is 1. The number of nitrogens with one attached hydrogen (secondary N) is 1. The predicted octanol–water partition coefficient (Wildman–Crippen LogP) is 5.72. The van der Waals surface area contributed by atoms with Crippen molar-refractivity contribution in [2.45, 2.75) is 70.3 Å². The zero-order valence-electron chi connectivity index (χ0n) is 24.7. The van der Waals surface area contributed by atoms with Gasteiger partial charge in [0, 0.05) is 48.9 Å². The smallest absolute Gasteiger partial charge is 0.226 e. The second-order valence-corrected chi connectivity index (χ2v) is 12.7. The number of anilines is 1. The molecule has 1 aromatic heterocycles. The van der Waals surface area contributed by atoms with Gasteiger partial charge in [-0.3, -0.25) is 14.5 Å². The van der Waals surface area contributed by atoms with Crippen LogP contribution in [-0.2, 0) is 15.1 Å². The molecule has 1 spiro atoms. The lowest BCUT2D eigenvalue weighted by atomic mass is 9.53. The van der Waals surface area contributed by atoms with Crippen LogP contribution in [0.1, 0.15) is 70.3 Å². The van der Waals surface area contributed by atoms with E-state index >= 15 is 0 Å². The maximum atomic E-state index is 13.7. The highest BCUT2D eigenvalue weighted by molar-refractivity contribution is 5.91. The number of hydrogen-bond donors (Lipinski definition) is 1. The first-order valence-electron chi connectivity index (χ1n) is 15.1. The van der Waals surface area contributed by atoms with Gasteiger partial charge in [-0.2, -0.15) is 0 Å². The molecule has 216 valence electrons. The van der Waals surface area contributed by atoms with Crippen molar-refractivity contribution in [3.8, 4) is 5.88 Å². The Kier molecular flexibility index (Phi) is 8.50. The van der Waals surface area contributed by atoms with Crippen molar-refractivity contribution in [2.24, 2.45) is 23.2 Å². The summed E-state index contributed by atoms with van der Waals surface area (Å²) >= 11 is 0. The molecule has 2 amide bonds. The van der Waals surface area contributed by atoms with Gasteiger partial charge < -0.3 is 15.0 Å². The standard InChI is InChI=1S/C33H46N4O3/c1-24-28(21-25-9-8-10-25)32(15-17-33(18-16-32,36(2)3)26-11-6-5-7-12-26)23-37(31(24)39)20-14-29(38)35-27-13-19-34-30(22-27)40-4/h5-7,11-13,19,22,24-25,28H,8-10,14-18,20-21,23H2,1-4H3,(H,34,35,38)/t24?,28?,32-,33+. The average Bonchev–Trinajstić information content (AvgIpc) is 2.94. The lowest BCUT2D eigenvalue weighted by molar-refractivity contribution is -0.156. The molecule has 1 aliphatic heterocycles. The van der Waals surface area contributed by atoms with Gasteiger partial charge in [0.2, 0.25) is 17.7 Å². The molecule has 3 aliphatic rings. The fraction of sp³-hybridized carbons (Fsp3) is 0.606. The first-order valence-corrected chi connectivity index (χ1v) is 15.1. The van der Waals surface area contributed by atoms with Crippen LogP contribution >= 0.6 is 0 Å². The molecule has 1 saturated heterocycles. The van der Waals surface area contributed by atoms with Crippen LogP contribution in [0.4, 0.5) is 5.69 Å². The normalized spacial score (nSPS) is 28.9. The van der Waals surface area contributed by atoms with E-state index in [9.17, 15) is 9.59 Å². The number of hydrogen-bond acceptors (Lipinski definition) is 5. The van der Waals surface area contributed by atoms with Gasteiger partial charge >= 0.3 is 0 Å².